The lowest BCUT2D eigenvalue weighted by atomic mass is 10.2. The number of nitrogens with two attached hydrogens (primary N) is 1. The summed E-state index contributed by atoms with van der Waals surface area (Å²) in [6, 6.07) is -0.194. The Hall–Kier alpha value is -1.43. The van der Waals surface area contributed by atoms with Gasteiger partial charge in [0.1, 0.15) is 5.82 Å². The van der Waals surface area contributed by atoms with Gasteiger partial charge in [0.05, 0.1) is 0 Å². The van der Waals surface area contributed by atoms with E-state index in [9.17, 15) is 4.79 Å². The van der Waals surface area contributed by atoms with Crippen LogP contribution in [-0.4, -0.2) is 33.2 Å². The molecule has 0 aliphatic carbocycles. The first kappa shape index (κ1) is 10.6. The van der Waals surface area contributed by atoms with Crippen molar-refractivity contribution in [1.29, 1.82) is 0 Å². The lowest BCUT2D eigenvalue weighted by Crippen LogP contribution is -2.44. The predicted octanol–water partition coefficient (Wildman–Crippen LogP) is -0.421. The first-order valence-corrected chi connectivity index (χ1v) is 4.46. The van der Waals surface area contributed by atoms with E-state index in [-0.39, 0.29) is 23.8 Å². The van der Waals surface area contributed by atoms with Crippen molar-refractivity contribution in [3.05, 3.63) is 11.6 Å². The maximum absolute atomic E-state index is 11.5. The number of aromatic amines is 1. The summed E-state index contributed by atoms with van der Waals surface area (Å²) in [5.41, 5.74) is 5.60. The largest absolute Gasteiger partial charge is 0.345 e. The number of rotatable bonds is 3. The van der Waals surface area contributed by atoms with Crippen LogP contribution in [0.2, 0.25) is 0 Å². The van der Waals surface area contributed by atoms with Crippen molar-refractivity contribution in [3.8, 4) is 0 Å². The second-order valence-electron chi connectivity index (χ2n) is 3.37. The molecule has 0 aliphatic rings. The van der Waals surface area contributed by atoms with Crippen LogP contribution in [0.25, 0.3) is 0 Å². The van der Waals surface area contributed by atoms with E-state index in [2.05, 4.69) is 20.5 Å². The zero-order chi connectivity index (χ0) is 10.7. The lowest BCUT2D eigenvalue weighted by Gasteiger charge is -2.15. The van der Waals surface area contributed by atoms with Crippen molar-refractivity contribution in [2.45, 2.75) is 32.9 Å². The third kappa shape index (κ3) is 2.53. The molecule has 0 saturated carbocycles. The molecule has 0 bridgehead atoms. The van der Waals surface area contributed by atoms with E-state index in [1.807, 2.05) is 13.8 Å². The quantitative estimate of drug-likeness (QED) is 0.613. The average Bonchev–Trinajstić information content (AvgIpc) is 2.51. The van der Waals surface area contributed by atoms with Crippen LogP contribution in [0.1, 0.15) is 30.3 Å². The fourth-order valence-electron chi connectivity index (χ4n) is 0.847. The van der Waals surface area contributed by atoms with E-state index in [0.717, 1.165) is 0 Å². The maximum atomic E-state index is 11.5. The first-order chi connectivity index (χ1) is 6.50. The Labute approximate surface area is 82.3 Å². The van der Waals surface area contributed by atoms with Gasteiger partial charge in [-0.05, 0) is 20.8 Å². The number of H-pyrrole nitrogens is 1. The number of hydrogen-bond acceptors (Lipinski definition) is 4. The zero-order valence-electron chi connectivity index (χ0n) is 8.53. The summed E-state index contributed by atoms with van der Waals surface area (Å²) in [5.74, 6) is 0.456. The molecule has 14 heavy (non-hydrogen) atoms. The SMILES string of the molecule is Cc1nc(C(=O)NC(C)C(C)N)n[nH]1. The minimum Gasteiger partial charge on any atom is -0.345 e. The molecule has 1 amide bonds. The summed E-state index contributed by atoms with van der Waals surface area (Å²) in [6.45, 7) is 5.40. The molecule has 1 aromatic rings. The molecule has 0 aromatic carbocycles. The monoisotopic (exact) mass is 197 g/mol. The summed E-state index contributed by atoms with van der Waals surface area (Å²) in [5, 5.41) is 9.04. The summed E-state index contributed by atoms with van der Waals surface area (Å²) in [4.78, 5) is 15.4. The van der Waals surface area contributed by atoms with Crippen molar-refractivity contribution in [2.75, 3.05) is 0 Å². The summed E-state index contributed by atoms with van der Waals surface area (Å²) in [6.07, 6.45) is 0. The number of carbonyl (C=O) groups is 1. The average molecular weight is 197 g/mol. The Bertz CT molecular complexity index is 319. The molecule has 0 fully saturated rings. The topological polar surface area (TPSA) is 96.7 Å². The molecule has 0 radical (unpaired) electrons. The van der Waals surface area contributed by atoms with Gasteiger partial charge in [-0.15, -0.1) is 5.10 Å². The van der Waals surface area contributed by atoms with Gasteiger partial charge in [0.15, 0.2) is 0 Å². The van der Waals surface area contributed by atoms with E-state index in [0.29, 0.717) is 5.82 Å². The number of carbonyl (C=O) groups excluding carboxylic acids is 1. The molecule has 0 spiro atoms. The molecule has 6 heteroatoms. The molecule has 0 aliphatic heterocycles. The van der Waals surface area contributed by atoms with E-state index in [1.165, 1.54) is 0 Å². The van der Waals surface area contributed by atoms with Gasteiger partial charge < -0.3 is 11.1 Å². The first-order valence-electron chi connectivity index (χ1n) is 4.46. The Morgan fingerprint density at radius 3 is 2.64 bits per heavy atom. The normalized spacial score (nSPS) is 14.9. The highest BCUT2D eigenvalue weighted by Crippen LogP contribution is 1.93. The number of aryl methyl sites for hydroxylation is 1. The Kier molecular flexibility index (Phi) is 3.19. The fraction of sp³-hybridized carbons (Fsp3) is 0.625. The van der Waals surface area contributed by atoms with Crippen LogP contribution in [0, 0.1) is 6.92 Å². The van der Waals surface area contributed by atoms with Crippen LogP contribution in [0.4, 0.5) is 0 Å². The van der Waals surface area contributed by atoms with Crippen LogP contribution in [-0.2, 0) is 0 Å². The van der Waals surface area contributed by atoms with Gasteiger partial charge >= 0.3 is 0 Å². The highest BCUT2D eigenvalue weighted by Gasteiger charge is 2.15. The van der Waals surface area contributed by atoms with Gasteiger partial charge in [0, 0.05) is 12.1 Å². The van der Waals surface area contributed by atoms with E-state index in [4.69, 9.17) is 5.73 Å². The van der Waals surface area contributed by atoms with E-state index < -0.39 is 0 Å². The molecule has 1 heterocycles. The van der Waals surface area contributed by atoms with Gasteiger partial charge in [0.25, 0.3) is 5.91 Å². The molecular formula is C8H15N5O. The molecule has 1 aromatic heterocycles. The standard InChI is InChI=1S/C8H15N5O/c1-4(9)5(2)10-8(14)7-11-6(3)12-13-7/h4-5H,9H2,1-3H3,(H,10,14)(H,11,12,13). The molecular weight excluding hydrogens is 182 g/mol. The van der Waals surface area contributed by atoms with Crippen molar-refractivity contribution in [2.24, 2.45) is 5.73 Å². The Morgan fingerprint density at radius 1 is 1.57 bits per heavy atom. The molecule has 0 saturated heterocycles. The van der Waals surface area contributed by atoms with Gasteiger partial charge in [-0.25, -0.2) is 4.98 Å². The molecule has 6 nitrogen and oxygen atoms in total. The molecule has 2 unspecified atom stereocenters. The predicted molar refractivity (Wildman–Crippen MR) is 51.7 cm³/mol. The molecule has 4 N–H and O–H groups in total. The van der Waals surface area contributed by atoms with Crippen LogP contribution in [0.5, 0.6) is 0 Å². The second-order valence-corrected chi connectivity index (χ2v) is 3.37. The van der Waals surface area contributed by atoms with Crippen molar-refractivity contribution >= 4 is 5.91 Å². The number of aromatic nitrogens is 3. The van der Waals surface area contributed by atoms with Crippen LogP contribution in [0.15, 0.2) is 0 Å². The van der Waals surface area contributed by atoms with Crippen molar-refractivity contribution in [1.82, 2.24) is 20.5 Å². The second kappa shape index (κ2) is 4.19. The number of nitrogens with zero attached hydrogens (tertiary/aromatic N) is 2. The number of nitrogens with one attached hydrogen (secondary N) is 2. The van der Waals surface area contributed by atoms with Gasteiger partial charge in [0.2, 0.25) is 5.82 Å². The third-order valence-electron chi connectivity index (χ3n) is 1.95. The van der Waals surface area contributed by atoms with Gasteiger partial charge in [-0.2, -0.15) is 0 Å². The van der Waals surface area contributed by atoms with Gasteiger partial charge in [-0.3, -0.25) is 9.89 Å². The van der Waals surface area contributed by atoms with Gasteiger partial charge in [-0.1, -0.05) is 0 Å². The van der Waals surface area contributed by atoms with Crippen LogP contribution >= 0.6 is 0 Å². The minimum absolute atomic E-state index is 0.0960. The smallest absolute Gasteiger partial charge is 0.291 e. The third-order valence-corrected chi connectivity index (χ3v) is 1.95. The number of amides is 1. The fourth-order valence-corrected chi connectivity index (χ4v) is 0.847. The highest BCUT2D eigenvalue weighted by molar-refractivity contribution is 5.90. The zero-order valence-corrected chi connectivity index (χ0v) is 8.53. The maximum Gasteiger partial charge on any atom is 0.291 e. The van der Waals surface area contributed by atoms with E-state index in [1.54, 1.807) is 6.92 Å². The Balaban J connectivity index is 2.59. The van der Waals surface area contributed by atoms with Crippen LogP contribution < -0.4 is 11.1 Å². The lowest BCUT2D eigenvalue weighted by molar-refractivity contribution is 0.0925. The minimum atomic E-state index is -0.306. The molecule has 1 rings (SSSR count). The highest BCUT2D eigenvalue weighted by atomic mass is 16.2. The van der Waals surface area contributed by atoms with Crippen molar-refractivity contribution < 1.29 is 4.79 Å². The summed E-state index contributed by atoms with van der Waals surface area (Å²) in [7, 11) is 0. The molecule has 78 valence electrons. The summed E-state index contributed by atoms with van der Waals surface area (Å²) < 4.78 is 0. The van der Waals surface area contributed by atoms with Crippen LogP contribution in [0.3, 0.4) is 0 Å². The Morgan fingerprint density at radius 2 is 2.21 bits per heavy atom. The summed E-state index contributed by atoms with van der Waals surface area (Å²) >= 11 is 0. The molecule has 2 atom stereocenters. The van der Waals surface area contributed by atoms with Crippen molar-refractivity contribution in [3.63, 3.8) is 0 Å². The van der Waals surface area contributed by atoms with E-state index >= 15 is 0 Å². The number of hydrogen-bond donors (Lipinski definition) is 3.